The van der Waals surface area contributed by atoms with Crippen LogP contribution in [-0.2, 0) is 23.2 Å². The third kappa shape index (κ3) is 5.13. The number of aromatic nitrogens is 2. The van der Waals surface area contributed by atoms with Crippen molar-refractivity contribution in [2.75, 3.05) is 7.05 Å². The number of carboxylic acids is 1. The number of nitrogens with zero attached hydrogens (tertiary/aromatic N) is 3. The maximum Gasteiger partial charge on any atom is 0.326 e. The Hall–Kier alpha value is -2.58. The summed E-state index contributed by atoms with van der Waals surface area (Å²) in [5.74, 6) is -1.16. The van der Waals surface area contributed by atoms with Crippen LogP contribution in [0.1, 0.15) is 18.7 Å². The van der Waals surface area contributed by atoms with Gasteiger partial charge in [-0.05, 0) is 6.42 Å². The predicted octanol–water partition coefficient (Wildman–Crippen LogP) is -0.720. The number of carbonyl (C=O) groups is 3. The van der Waals surface area contributed by atoms with Crippen LogP contribution in [0.25, 0.3) is 0 Å². The molecule has 1 rings (SSSR count). The van der Waals surface area contributed by atoms with E-state index in [0.717, 1.165) is 0 Å². The summed E-state index contributed by atoms with van der Waals surface area (Å²) in [5.41, 5.74) is 4.97. The van der Waals surface area contributed by atoms with Crippen LogP contribution in [0, 0.1) is 0 Å². The van der Waals surface area contributed by atoms with Crippen LogP contribution in [-0.4, -0.2) is 50.6 Å². The smallest absolute Gasteiger partial charge is 0.326 e. The number of urea groups is 1. The van der Waals surface area contributed by atoms with Gasteiger partial charge in [0.2, 0.25) is 5.91 Å². The second kappa shape index (κ2) is 7.27. The van der Waals surface area contributed by atoms with Gasteiger partial charge in [-0.25, -0.2) is 14.6 Å². The number of aliphatic carboxylic acids is 1. The molecule has 0 aliphatic carbocycles. The van der Waals surface area contributed by atoms with E-state index in [-0.39, 0.29) is 19.4 Å². The summed E-state index contributed by atoms with van der Waals surface area (Å²) in [6, 6.07) is -1.72. The lowest BCUT2D eigenvalue weighted by Gasteiger charge is -2.21. The van der Waals surface area contributed by atoms with E-state index in [9.17, 15) is 14.4 Å². The number of imidazole rings is 1. The van der Waals surface area contributed by atoms with Gasteiger partial charge in [0.1, 0.15) is 11.9 Å². The topological polar surface area (TPSA) is 131 Å². The average molecular weight is 297 g/mol. The monoisotopic (exact) mass is 297 g/mol. The molecule has 0 bridgehead atoms. The lowest BCUT2D eigenvalue weighted by atomic mass is 10.1. The van der Waals surface area contributed by atoms with Crippen LogP contribution in [0.5, 0.6) is 0 Å². The zero-order chi connectivity index (χ0) is 16.0. The van der Waals surface area contributed by atoms with Gasteiger partial charge in [-0.2, -0.15) is 0 Å². The van der Waals surface area contributed by atoms with Crippen molar-refractivity contribution >= 4 is 17.9 Å². The molecule has 0 aliphatic rings. The Labute approximate surface area is 121 Å². The highest BCUT2D eigenvalue weighted by molar-refractivity contribution is 5.83. The number of hydrogen-bond donors (Lipinski definition) is 3. The molecule has 116 valence electrons. The Morgan fingerprint density at radius 1 is 1.52 bits per heavy atom. The molecule has 1 aromatic rings. The number of rotatable bonds is 7. The number of primary amides is 1. The fourth-order valence-corrected chi connectivity index (χ4v) is 1.64. The zero-order valence-corrected chi connectivity index (χ0v) is 11.9. The van der Waals surface area contributed by atoms with Gasteiger partial charge in [0.05, 0.1) is 6.54 Å². The standard InChI is InChI=1S/C12H19N5O4/c1-16-6-5-14-10(16)7-17(2)12(21)15-8(11(19)20)3-4-9(13)18/h5-6,8H,3-4,7H2,1-2H3,(H2,13,18)(H,15,21)(H,19,20)/t8-/m1/s1. The van der Waals surface area contributed by atoms with Crippen molar-refractivity contribution in [2.45, 2.75) is 25.4 Å². The molecule has 21 heavy (non-hydrogen) atoms. The molecule has 0 aromatic carbocycles. The van der Waals surface area contributed by atoms with E-state index in [1.54, 1.807) is 24.0 Å². The first-order valence-corrected chi connectivity index (χ1v) is 6.30. The predicted molar refractivity (Wildman–Crippen MR) is 73.1 cm³/mol. The molecule has 9 heteroatoms. The fraction of sp³-hybridized carbons (Fsp3) is 0.500. The van der Waals surface area contributed by atoms with E-state index in [4.69, 9.17) is 10.8 Å². The van der Waals surface area contributed by atoms with Crippen LogP contribution < -0.4 is 11.1 Å². The van der Waals surface area contributed by atoms with E-state index in [2.05, 4.69) is 10.3 Å². The lowest BCUT2D eigenvalue weighted by Crippen LogP contribution is -2.46. The van der Waals surface area contributed by atoms with Gasteiger partial charge in [0.15, 0.2) is 0 Å². The van der Waals surface area contributed by atoms with Crippen LogP contribution >= 0.6 is 0 Å². The maximum absolute atomic E-state index is 11.9. The first-order chi connectivity index (χ1) is 9.81. The molecule has 0 aliphatic heterocycles. The Balaban J connectivity index is 2.58. The van der Waals surface area contributed by atoms with E-state index in [0.29, 0.717) is 5.82 Å². The van der Waals surface area contributed by atoms with Gasteiger partial charge in [0.25, 0.3) is 0 Å². The van der Waals surface area contributed by atoms with Crippen LogP contribution in [0.2, 0.25) is 0 Å². The second-order valence-electron chi connectivity index (χ2n) is 4.66. The molecular weight excluding hydrogens is 278 g/mol. The van der Waals surface area contributed by atoms with Gasteiger partial charge in [-0.1, -0.05) is 0 Å². The van der Waals surface area contributed by atoms with Crippen molar-refractivity contribution in [1.82, 2.24) is 19.8 Å². The molecule has 0 saturated heterocycles. The van der Waals surface area contributed by atoms with Crippen LogP contribution in [0.3, 0.4) is 0 Å². The Morgan fingerprint density at radius 3 is 2.67 bits per heavy atom. The minimum Gasteiger partial charge on any atom is -0.480 e. The van der Waals surface area contributed by atoms with E-state index in [1.807, 2.05) is 0 Å². The summed E-state index contributed by atoms with van der Waals surface area (Å²) < 4.78 is 1.76. The highest BCUT2D eigenvalue weighted by Crippen LogP contribution is 2.02. The normalized spacial score (nSPS) is 11.7. The molecule has 1 atom stereocenters. The molecule has 0 fully saturated rings. The molecular formula is C12H19N5O4. The van der Waals surface area contributed by atoms with E-state index in [1.165, 1.54) is 11.9 Å². The summed E-state index contributed by atoms with van der Waals surface area (Å²) in [6.07, 6.45) is 3.19. The van der Waals surface area contributed by atoms with Gasteiger partial charge >= 0.3 is 12.0 Å². The highest BCUT2D eigenvalue weighted by Gasteiger charge is 2.22. The maximum atomic E-state index is 11.9. The first kappa shape index (κ1) is 16.5. The number of carboxylic acid groups (broad SMARTS) is 1. The zero-order valence-electron chi connectivity index (χ0n) is 11.9. The first-order valence-electron chi connectivity index (χ1n) is 6.30. The molecule has 0 unspecified atom stereocenters. The van der Waals surface area contributed by atoms with Crippen molar-refractivity contribution < 1.29 is 19.5 Å². The third-order valence-electron chi connectivity index (χ3n) is 2.92. The van der Waals surface area contributed by atoms with Gasteiger partial charge in [-0.3, -0.25) is 4.79 Å². The number of aryl methyl sites for hydroxylation is 1. The number of amides is 3. The molecule has 0 saturated carbocycles. The van der Waals surface area contributed by atoms with Crippen molar-refractivity contribution in [2.24, 2.45) is 12.8 Å². The molecule has 0 radical (unpaired) electrons. The van der Waals surface area contributed by atoms with Crippen molar-refractivity contribution in [3.8, 4) is 0 Å². The summed E-state index contributed by atoms with van der Waals surface area (Å²) in [4.78, 5) is 39.1. The van der Waals surface area contributed by atoms with Crippen LogP contribution in [0.4, 0.5) is 4.79 Å². The van der Waals surface area contributed by atoms with Crippen molar-refractivity contribution in [1.29, 1.82) is 0 Å². The fourth-order valence-electron chi connectivity index (χ4n) is 1.64. The highest BCUT2D eigenvalue weighted by atomic mass is 16.4. The van der Waals surface area contributed by atoms with Crippen molar-refractivity contribution in [3.05, 3.63) is 18.2 Å². The molecule has 1 heterocycles. The van der Waals surface area contributed by atoms with E-state index < -0.39 is 23.9 Å². The SMILES string of the molecule is CN(Cc1nccn1C)C(=O)N[C@H](CCC(N)=O)C(=O)O. The summed E-state index contributed by atoms with van der Waals surface area (Å²) in [6.45, 7) is 0.234. The van der Waals surface area contributed by atoms with Gasteiger partial charge < -0.3 is 25.6 Å². The molecule has 1 aromatic heterocycles. The molecule has 9 nitrogen and oxygen atoms in total. The number of hydrogen-bond acceptors (Lipinski definition) is 4. The Bertz CT molecular complexity index is 527. The van der Waals surface area contributed by atoms with E-state index >= 15 is 0 Å². The van der Waals surface area contributed by atoms with Crippen molar-refractivity contribution in [3.63, 3.8) is 0 Å². The summed E-state index contributed by atoms with van der Waals surface area (Å²) in [5, 5.41) is 11.4. The Kier molecular flexibility index (Phi) is 5.70. The minimum atomic E-state index is -1.21. The third-order valence-corrected chi connectivity index (χ3v) is 2.92. The van der Waals surface area contributed by atoms with Crippen LogP contribution in [0.15, 0.2) is 12.4 Å². The summed E-state index contributed by atoms with van der Waals surface area (Å²) >= 11 is 0. The number of carbonyl (C=O) groups excluding carboxylic acids is 2. The number of nitrogens with two attached hydrogens (primary N) is 1. The van der Waals surface area contributed by atoms with Gasteiger partial charge in [-0.15, -0.1) is 0 Å². The second-order valence-corrected chi connectivity index (χ2v) is 4.66. The van der Waals surface area contributed by atoms with Gasteiger partial charge in [0, 0.05) is 32.9 Å². The quantitative estimate of drug-likeness (QED) is 0.611. The molecule has 4 N–H and O–H groups in total. The molecule has 0 spiro atoms. The average Bonchev–Trinajstić information content (AvgIpc) is 2.79. The minimum absolute atomic E-state index is 0.0490. The summed E-state index contributed by atoms with van der Waals surface area (Å²) in [7, 11) is 3.32. The number of nitrogens with one attached hydrogen (secondary N) is 1. The lowest BCUT2D eigenvalue weighted by molar-refractivity contribution is -0.139. The largest absolute Gasteiger partial charge is 0.480 e. The Morgan fingerprint density at radius 2 is 2.19 bits per heavy atom. The molecule has 3 amide bonds.